The highest BCUT2D eigenvalue weighted by Crippen LogP contribution is 2.45. The number of anilines is 2. The van der Waals surface area contributed by atoms with Gasteiger partial charge in [0.1, 0.15) is 28.2 Å². The first-order chi connectivity index (χ1) is 43.6. The van der Waals surface area contributed by atoms with Gasteiger partial charge in [-0.2, -0.15) is 52.7 Å². The molecule has 0 spiro atoms. The summed E-state index contributed by atoms with van der Waals surface area (Å²) in [6, 6.07) is 2.50. The number of thiophene rings is 1. The molecule has 2 saturated carbocycles. The molecule has 4 aliphatic rings. The number of aryl methyl sites for hydroxylation is 1. The van der Waals surface area contributed by atoms with E-state index in [2.05, 4.69) is 25.9 Å². The standard InChI is InChI=1S/C33H36F6N4O4S.C30H35BrF6N4O4/c1-4-42(15-21-7-5-20(6-8-21)10-28(44)45)30-26(41-25(14-40-30)27-9-18(2)17-48-27)16-43-19(3)29(47-31(43)46)22-11-23(32(34,35)36)13-24(12-22)33(37,38)39;1-4-40(15-19-8-6-18(7-9-19)10-25(42)44-5-2)27-23(39-24(31)14-38-27)16-41-17(3)26(45-28(41)43)20-11-21(29(32,33)34)13-22(12-20)30(35,36)37/h9,11-14,17,19-21,29H,4-8,10,15-16H2,1-3H3,(H,44,45);11-14,17-19,26H,4-10,15-16H2,1-3H3/t19-,20?,21?,29?;17-,18?,19?,26?/m00/s1. The summed E-state index contributed by atoms with van der Waals surface area (Å²) in [5, 5.41) is 11.1. The molecule has 2 unspecified atom stereocenters. The quantitative estimate of drug-likeness (QED) is 0.0441. The summed E-state index contributed by atoms with van der Waals surface area (Å²) in [6.07, 6.45) is -14.1. The van der Waals surface area contributed by atoms with Crippen molar-refractivity contribution in [3.8, 4) is 10.6 Å². The normalized spacial score (nSPS) is 22.1. The summed E-state index contributed by atoms with van der Waals surface area (Å²) in [7, 11) is 0. The zero-order chi connectivity index (χ0) is 68.1. The van der Waals surface area contributed by atoms with E-state index in [1.165, 1.54) is 41.2 Å². The minimum Gasteiger partial charge on any atom is -0.481 e. The van der Waals surface area contributed by atoms with Gasteiger partial charge in [0.2, 0.25) is 0 Å². The molecule has 5 aromatic rings. The highest BCUT2D eigenvalue weighted by molar-refractivity contribution is 9.10. The SMILES string of the molecule is CCN(CC1CCC(CC(=O)O)CC1)c1ncc(-c2cc(C)cs2)nc1CN1C(=O)OC(c2cc(C(F)(F)F)cc(C(F)(F)F)c2)[C@@H]1C.CCOC(=O)CC1CCC(CN(CC)c2ncc(Br)nc2CN2C(=O)OC(c3cc(C(F)(F)F)cc(C(F)(F)F)c3)[C@@H]2C)CC1. The summed E-state index contributed by atoms with van der Waals surface area (Å²) in [6.45, 7) is 13.1. The van der Waals surface area contributed by atoms with Crippen LogP contribution in [0.5, 0.6) is 0 Å². The van der Waals surface area contributed by atoms with Crippen molar-refractivity contribution in [1.82, 2.24) is 29.7 Å². The van der Waals surface area contributed by atoms with Crippen molar-refractivity contribution in [3.05, 3.63) is 115 Å². The predicted molar refractivity (Wildman–Crippen MR) is 321 cm³/mol. The summed E-state index contributed by atoms with van der Waals surface area (Å²) in [5.74, 6) is 1.03. The van der Waals surface area contributed by atoms with E-state index in [-0.39, 0.29) is 55.4 Å². The monoisotopic (exact) mass is 1410 g/mol. The number of alkyl halides is 12. The van der Waals surface area contributed by atoms with E-state index < -0.39 is 101 Å². The number of aliphatic carboxylic acids is 1. The Morgan fingerprint density at radius 2 is 1.01 bits per heavy atom. The lowest BCUT2D eigenvalue weighted by Crippen LogP contribution is -2.36. The van der Waals surface area contributed by atoms with E-state index in [0.29, 0.717) is 103 Å². The van der Waals surface area contributed by atoms with E-state index in [1.54, 1.807) is 13.1 Å². The molecule has 9 rings (SSSR count). The average Bonchev–Trinajstić information content (AvgIpc) is 1.74. The van der Waals surface area contributed by atoms with Gasteiger partial charge in [0, 0.05) is 39.0 Å². The van der Waals surface area contributed by atoms with Crippen molar-refractivity contribution in [3.63, 3.8) is 0 Å². The van der Waals surface area contributed by atoms with Crippen LogP contribution in [-0.2, 0) is 61.6 Å². The highest BCUT2D eigenvalue weighted by Gasteiger charge is 2.46. The number of carbonyl (C=O) groups is 4. The van der Waals surface area contributed by atoms with Crippen molar-refractivity contribution in [2.24, 2.45) is 23.7 Å². The molecule has 16 nitrogen and oxygen atoms in total. The van der Waals surface area contributed by atoms with E-state index in [9.17, 15) is 77.0 Å². The molecular formula is C63H71BrF12N8O8S. The van der Waals surface area contributed by atoms with Gasteiger partial charge in [0.25, 0.3) is 0 Å². The molecule has 93 heavy (non-hydrogen) atoms. The topological polar surface area (TPSA) is 181 Å². The molecule has 5 heterocycles. The number of aromatic nitrogens is 4. The van der Waals surface area contributed by atoms with E-state index in [4.69, 9.17) is 24.2 Å². The van der Waals surface area contributed by atoms with Crippen molar-refractivity contribution in [2.75, 3.05) is 42.6 Å². The fraction of sp³-hybridized carbons (Fsp3) is 0.556. The molecule has 0 radical (unpaired) electrons. The predicted octanol–water partition coefficient (Wildman–Crippen LogP) is 16.7. The van der Waals surface area contributed by atoms with E-state index in [0.717, 1.165) is 61.8 Å². The van der Waals surface area contributed by atoms with Gasteiger partial charge in [-0.25, -0.2) is 29.5 Å². The maximum Gasteiger partial charge on any atom is 0.416 e. The van der Waals surface area contributed by atoms with Crippen LogP contribution in [0.1, 0.15) is 161 Å². The molecule has 0 bridgehead atoms. The lowest BCUT2D eigenvalue weighted by atomic mass is 9.80. The fourth-order valence-electron chi connectivity index (χ4n) is 12.5. The van der Waals surface area contributed by atoms with Gasteiger partial charge in [-0.1, -0.05) is 0 Å². The Morgan fingerprint density at radius 3 is 1.39 bits per heavy atom. The van der Waals surface area contributed by atoms with Crippen LogP contribution in [0.25, 0.3) is 10.6 Å². The lowest BCUT2D eigenvalue weighted by Gasteiger charge is -2.33. The third kappa shape index (κ3) is 18.3. The van der Waals surface area contributed by atoms with Gasteiger partial charge in [0.05, 0.1) is 77.0 Å². The molecule has 2 amide bonds. The minimum atomic E-state index is -5.05. The Balaban J connectivity index is 0.000000240. The van der Waals surface area contributed by atoms with Crippen molar-refractivity contribution < 1.29 is 91.2 Å². The first kappa shape index (κ1) is 71.9. The average molecular weight is 1410 g/mol. The van der Waals surface area contributed by atoms with Crippen molar-refractivity contribution in [2.45, 2.75) is 168 Å². The Morgan fingerprint density at radius 1 is 0.613 bits per heavy atom. The Bertz CT molecular complexity index is 3380. The highest BCUT2D eigenvalue weighted by atomic mass is 79.9. The van der Waals surface area contributed by atoms with Gasteiger partial charge >= 0.3 is 48.8 Å². The van der Waals surface area contributed by atoms with Crippen LogP contribution in [0.4, 0.5) is 73.9 Å². The fourth-order valence-corrected chi connectivity index (χ4v) is 13.6. The number of halogens is 13. The molecule has 3 aromatic heterocycles. The molecule has 508 valence electrons. The molecular weight excluding hydrogens is 1340 g/mol. The second kappa shape index (κ2) is 29.8. The summed E-state index contributed by atoms with van der Waals surface area (Å²) < 4.78 is 179. The molecule has 4 atom stereocenters. The number of esters is 1. The maximum absolute atomic E-state index is 13.6. The minimum absolute atomic E-state index is 0.0399. The van der Waals surface area contributed by atoms with Crippen LogP contribution in [-0.4, -0.2) is 104 Å². The lowest BCUT2D eigenvalue weighted by molar-refractivity contribution is -0.145. The van der Waals surface area contributed by atoms with Crippen LogP contribution in [0, 0.1) is 30.6 Å². The van der Waals surface area contributed by atoms with E-state index in [1.807, 2.05) is 42.0 Å². The number of benzene rings is 2. The van der Waals surface area contributed by atoms with Crippen LogP contribution in [0.15, 0.2) is 64.8 Å². The number of hydrogen-bond acceptors (Lipinski definition) is 14. The number of carbonyl (C=O) groups excluding carboxylic acids is 3. The number of carboxylic acids is 1. The number of cyclic esters (lactones) is 2. The molecule has 2 aliphatic carbocycles. The number of ether oxygens (including phenoxy) is 3. The maximum atomic E-state index is 13.6. The Hall–Kier alpha value is -6.98. The summed E-state index contributed by atoms with van der Waals surface area (Å²) in [4.78, 5) is 75.4. The van der Waals surface area contributed by atoms with Crippen molar-refractivity contribution in [1.29, 1.82) is 0 Å². The van der Waals surface area contributed by atoms with Gasteiger partial charge < -0.3 is 29.1 Å². The van der Waals surface area contributed by atoms with Gasteiger partial charge in [0.15, 0.2) is 11.6 Å². The van der Waals surface area contributed by atoms with Crippen LogP contribution in [0.2, 0.25) is 0 Å². The summed E-state index contributed by atoms with van der Waals surface area (Å²) in [5.41, 5.74) is -4.38. The molecule has 30 heteroatoms. The first-order valence-electron chi connectivity index (χ1n) is 30.5. The second-order valence-electron chi connectivity index (χ2n) is 24.0. The third-order valence-electron chi connectivity index (χ3n) is 17.4. The van der Waals surface area contributed by atoms with Gasteiger partial charge in [-0.15, -0.1) is 11.3 Å². The van der Waals surface area contributed by atoms with Crippen molar-refractivity contribution >= 4 is 63.0 Å². The molecule has 2 aromatic carbocycles. The van der Waals surface area contributed by atoms with Gasteiger partial charge in [-0.05, 0) is 197 Å². The van der Waals surface area contributed by atoms with Crippen LogP contribution in [0.3, 0.4) is 0 Å². The summed E-state index contributed by atoms with van der Waals surface area (Å²) >= 11 is 4.77. The number of hydrogen-bond donors (Lipinski definition) is 1. The van der Waals surface area contributed by atoms with Gasteiger partial charge in [-0.3, -0.25) is 19.4 Å². The number of nitrogens with zero attached hydrogens (tertiary/aromatic N) is 8. The number of amides is 2. The molecule has 2 aliphatic heterocycles. The number of rotatable bonds is 20. The van der Waals surface area contributed by atoms with E-state index >= 15 is 0 Å². The molecule has 1 N–H and O–H groups in total. The molecule has 4 fully saturated rings. The zero-order valence-corrected chi connectivity index (χ0v) is 54.0. The van der Waals surface area contributed by atoms with Crippen LogP contribution >= 0.6 is 27.3 Å². The Kier molecular flexibility index (Phi) is 23.0. The second-order valence-corrected chi connectivity index (χ2v) is 25.7. The molecule has 2 saturated heterocycles. The Labute approximate surface area is 541 Å². The first-order valence-corrected chi connectivity index (χ1v) is 32.1. The third-order valence-corrected chi connectivity index (χ3v) is 18.8. The smallest absolute Gasteiger partial charge is 0.416 e. The van der Waals surface area contributed by atoms with Crippen LogP contribution < -0.4 is 9.80 Å². The number of carboxylic acid groups (broad SMARTS) is 1. The largest absolute Gasteiger partial charge is 0.481 e. The zero-order valence-electron chi connectivity index (χ0n) is 51.6.